The molecule has 0 heterocycles. The van der Waals surface area contributed by atoms with E-state index in [2.05, 4.69) is 24.3 Å². The molecule has 1 saturated carbocycles. The first-order chi connectivity index (χ1) is 9.22. The third kappa shape index (κ3) is 2.58. The monoisotopic (exact) mass is 252 g/mol. The summed E-state index contributed by atoms with van der Waals surface area (Å²) < 4.78 is 0. The molecule has 0 amide bonds. The van der Waals surface area contributed by atoms with E-state index in [0.717, 1.165) is 11.4 Å². The van der Waals surface area contributed by atoms with Gasteiger partial charge < -0.3 is 11.5 Å². The second-order valence-electron chi connectivity index (χ2n) is 5.54. The third-order valence-corrected chi connectivity index (χ3v) is 4.25. The average Bonchev–Trinajstić information content (AvgIpc) is 2.90. The van der Waals surface area contributed by atoms with Gasteiger partial charge in [0.05, 0.1) is 0 Å². The Balaban J connectivity index is 1.73. The van der Waals surface area contributed by atoms with Crippen molar-refractivity contribution in [2.24, 2.45) is 0 Å². The first-order valence-electron chi connectivity index (χ1n) is 6.93. The zero-order valence-corrected chi connectivity index (χ0v) is 11.0. The minimum Gasteiger partial charge on any atom is -0.399 e. The van der Waals surface area contributed by atoms with Gasteiger partial charge in [-0.05, 0) is 66.5 Å². The fraction of sp³-hybridized carbons (Fsp3) is 0.294. The third-order valence-electron chi connectivity index (χ3n) is 4.25. The van der Waals surface area contributed by atoms with Crippen LogP contribution in [0.5, 0.6) is 0 Å². The highest BCUT2D eigenvalue weighted by atomic mass is 14.5. The molecule has 1 aliphatic carbocycles. The number of rotatable bonds is 2. The van der Waals surface area contributed by atoms with E-state index >= 15 is 0 Å². The van der Waals surface area contributed by atoms with Crippen molar-refractivity contribution in [3.05, 3.63) is 59.7 Å². The molecule has 2 heteroatoms. The molecular weight excluding hydrogens is 232 g/mol. The van der Waals surface area contributed by atoms with Gasteiger partial charge in [-0.2, -0.15) is 0 Å². The van der Waals surface area contributed by atoms with Gasteiger partial charge in [-0.1, -0.05) is 24.3 Å². The van der Waals surface area contributed by atoms with E-state index in [0.29, 0.717) is 11.8 Å². The van der Waals surface area contributed by atoms with Crippen molar-refractivity contribution < 1.29 is 0 Å². The molecule has 0 saturated heterocycles. The van der Waals surface area contributed by atoms with Gasteiger partial charge in [-0.25, -0.2) is 0 Å². The molecule has 19 heavy (non-hydrogen) atoms. The maximum Gasteiger partial charge on any atom is 0.0314 e. The predicted octanol–water partition coefficient (Wildman–Crippen LogP) is 3.90. The molecule has 1 fully saturated rings. The summed E-state index contributed by atoms with van der Waals surface area (Å²) in [5.74, 6) is 1.34. The standard InChI is InChI=1S/C17H20N2/c18-16-7-3-12(4-8-16)14-1-2-15(11-14)13-5-9-17(19)10-6-13/h3-10,14-15H,1-2,11,18-19H2. The molecule has 2 aromatic carbocycles. The average molecular weight is 252 g/mol. The molecule has 0 aliphatic heterocycles. The highest BCUT2D eigenvalue weighted by molar-refractivity contribution is 5.42. The number of hydrogen-bond acceptors (Lipinski definition) is 2. The van der Waals surface area contributed by atoms with Gasteiger partial charge in [0.15, 0.2) is 0 Å². The lowest BCUT2D eigenvalue weighted by molar-refractivity contribution is 0.686. The van der Waals surface area contributed by atoms with Gasteiger partial charge in [0, 0.05) is 11.4 Å². The van der Waals surface area contributed by atoms with Crippen LogP contribution in [0.4, 0.5) is 11.4 Å². The maximum absolute atomic E-state index is 5.75. The molecular formula is C17H20N2. The van der Waals surface area contributed by atoms with Crippen LogP contribution in [0.15, 0.2) is 48.5 Å². The molecule has 2 unspecified atom stereocenters. The summed E-state index contributed by atoms with van der Waals surface area (Å²) in [7, 11) is 0. The molecule has 2 nitrogen and oxygen atoms in total. The Bertz CT molecular complexity index is 491. The van der Waals surface area contributed by atoms with Crippen LogP contribution in [0, 0.1) is 0 Å². The summed E-state index contributed by atoms with van der Waals surface area (Å²) in [5, 5.41) is 0. The SMILES string of the molecule is Nc1ccc(C2CCC(c3ccc(N)cc3)C2)cc1. The highest BCUT2D eigenvalue weighted by Gasteiger charge is 2.26. The molecule has 0 spiro atoms. The Hall–Kier alpha value is -1.96. The number of nitrogen functional groups attached to an aromatic ring is 2. The van der Waals surface area contributed by atoms with Gasteiger partial charge in [0.25, 0.3) is 0 Å². The van der Waals surface area contributed by atoms with Gasteiger partial charge in [-0.3, -0.25) is 0 Å². The summed E-state index contributed by atoms with van der Waals surface area (Å²) in [6, 6.07) is 16.7. The molecule has 4 N–H and O–H groups in total. The summed E-state index contributed by atoms with van der Waals surface area (Å²) >= 11 is 0. The lowest BCUT2D eigenvalue weighted by atomic mass is 9.93. The fourth-order valence-corrected chi connectivity index (χ4v) is 3.12. The predicted molar refractivity (Wildman–Crippen MR) is 81.0 cm³/mol. The van der Waals surface area contributed by atoms with Crippen LogP contribution in [-0.2, 0) is 0 Å². The van der Waals surface area contributed by atoms with Crippen LogP contribution in [-0.4, -0.2) is 0 Å². The summed E-state index contributed by atoms with van der Waals surface area (Å²) in [6.45, 7) is 0. The van der Waals surface area contributed by atoms with Crippen molar-refractivity contribution in [2.45, 2.75) is 31.1 Å². The minimum absolute atomic E-state index is 0.670. The maximum atomic E-state index is 5.75. The van der Waals surface area contributed by atoms with E-state index in [1.807, 2.05) is 24.3 Å². The van der Waals surface area contributed by atoms with E-state index in [9.17, 15) is 0 Å². The van der Waals surface area contributed by atoms with Crippen molar-refractivity contribution in [3.63, 3.8) is 0 Å². The minimum atomic E-state index is 0.670. The summed E-state index contributed by atoms with van der Waals surface area (Å²) in [6.07, 6.45) is 3.76. The van der Waals surface area contributed by atoms with Gasteiger partial charge in [-0.15, -0.1) is 0 Å². The topological polar surface area (TPSA) is 52.0 Å². The molecule has 2 atom stereocenters. The Morgan fingerprint density at radius 3 is 1.37 bits per heavy atom. The second-order valence-corrected chi connectivity index (χ2v) is 5.54. The molecule has 98 valence electrons. The Morgan fingerprint density at radius 1 is 0.632 bits per heavy atom. The van der Waals surface area contributed by atoms with Crippen molar-refractivity contribution in [2.75, 3.05) is 11.5 Å². The first kappa shape index (κ1) is 12.1. The van der Waals surface area contributed by atoms with Crippen LogP contribution < -0.4 is 11.5 Å². The van der Waals surface area contributed by atoms with Gasteiger partial charge in [0.1, 0.15) is 0 Å². The van der Waals surface area contributed by atoms with Crippen LogP contribution in [0.2, 0.25) is 0 Å². The van der Waals surface area contributed by atoms with Crippen LogP contribution >= 0.6 is 0 Å². The van der Waals surface area contributed by atoms with E-state index in [4.69, 9.17) is 11.5 Å². The zero-order chi connectivity index (χ0) is 13.2. The van der Waals surface area contributed by atoms with Crippen LogP contribution in [0.3, 0.4) is 0 Å². The lowest BCUT2D eigenvalue weighted by Crippen LogP contribution is -1.96. The van der Waals surface area contributed by atoms with Crippen molar-refractivity contribution in [1.29, 1.82) is 0 Å². The fourth-order valence-electron chi connectivity index (χ4n) is 3.12. The Morgan fingerprint density at radius 2 is 1.00 bits per heavy atom. The first-order valence-corrected chi connectivity index (χ1v) is 6.93. The van der Waals surface area contributed by atoms with Crippen molar-refractivity contribution in [1.82, 2.24) is 0 Å². The smallest absolute Gasteiger partial charge is 0.0314 e. The summed E-state index contributed by atoms with van der Waals surface area (Å²) in [5.41, 5.74) is 16.0. The quantitative estimate of drug-likeness (QED) is 0.796. The molecule has 0 bridgehead atoms. The van der Waals surface area contributed by atoms with Crippen molar-refractivity contribution in [3.8, 4) is 0 Å². The molecule has 2 aromatic rings. The lowest BCUT2D eigenvalue weighted by Gasteiger charge is -2.12. The Labute approximate surface area is 114 Å². The normalized spacial score (nSPS) is 22.5. The number of anilines is 2. The van der Waals surface area contributed by atoms with E-state index < -0.39 is 0 Å². The number of benzene rings is 2. The van der Waals surface area contributed by atoms with E-state index in [1.165, 1.54) is 30.4 Å². The van der Waals surface area contributed by atoms with Crippen LogP contribution in [0.1, 0.15) is 42.2 Å². The largest absolute Gasteiger partial charge is 0.399 e. The number of hydrogen-bond donors (Lipinski definition) is 2. The molecule has 3 rings (SSSR count). The number of nitrogens with two attached hydrogens (primary N) is 2. The molecule has 0 aromatic heterocycles. The molecule has 1 aliphatic rings. The van der Waals surface area contributed by atoms with E-state index in [1.54, 1.807) is 0 Å². The second kappa shape index (κ2) is 4.96. The van der Waals surface area contributed by atoms with Gasteiger partial charge in [0.2, 0.25) is 0 Å². The highest BCUT2D eigenvalue weighted by Crippen LogP contribution is 2.43. The Kier molecular flexibility index (Phi) is 3.16. The summed E-state index contributed by atoms with van der Waals surface area (Å²) in [4.78, 5) is 0. The van der Waals surface area contributed by atoms with E-state index in [-0.39, 0.29) is 0 Å². The van der Waals surface area contributed by atoms with Gasteiger partial charge >= 0.3 is 0 Å². The zero-order valence-electron chi connectivity index (χ0n) is 11.0. The van der Waals surface area contributed by atoms with Crippen molar-refractivity contribution >= 4 is 11.4 Å². The molecule has 0 radical (unpaired) electrons. The van der Waals surface area contributed by atoms with Crippen LogP contribution in [0.25, 0.3) is 0 Å².